The van der Waals surface area contributed by atoms with Crippen LogP contribution in [0.4, 0.5) is 5.13 Å². The van der Waals surface area contributed by atoms with Crippen molar-refractivity contribution in [1.29, 1.82) is 0 Å². The van der Waals surface area contributed by atoms with Crippen molar-refractivity contribution in [3.05, 3.63) is 35.7 Å². The van der Waals surface area contributed by atoms with E-state index in [-0.39, 0.29) is 5.91 Å². The number of aromatic nitrogens is 1. The summed E-state index contributed by atoms with van der Waals surface area (Å²) < 4.78 is 0. The summed E-state index contributed by atoms with van der Waals surface area (Å²) in [5, 5.41) is 5.62. The van der Waals surface area contributed by atoms with Gasteiger partial charge in [0.2, 0.25) is 0 Å². The number of anilines is 1. The lowest BCUT2D eigenvalue weighted by atomic mass is 10.0. The highest BCUT2D eigenvalue weighted by Gasteiger charge is 2.24. The molecule has 2 N–H and O–H groups in total. The molecule has 2 atom stereocenters. The molecular weight excluding hydrogens is 294 g/mol. The summed E-state index contributed by atoms with van der Waals surface area (Å²) in [5.41, 5.74) is 1.99. The largest absolute Gasteiger partial charge is 0.325 e. The molecule has 2 aromatic rings. The van der Waals surface area contributed by atoms with Crippen molar-refractivity contribution in [1.82, 2.24) is 4.98 Å². The van der Waals surface area contributed by atoms with Gasteiger partial charge in [-0.15, -0.1) is 11.3 Å². The molecular formula is C17H22N3OS+. The zero-order valence-electron chi connectivity index (χ0n) is 12.8. The van der Waals surface area contributed by atoms with Crippen molar-refractivity contribution in [3.8, 4) is 11.3 Å². The number of hydrogen-bond donors (Lipinski definition) is 2. The molecule has 5 heteroatoms. The summed E-state index contributed by atoms with van der Waals surface area (Å²) in [7, 11) is 0. The maximum atomic E-state index is 12.2. The van der Waals surface area contributed by atoms with E-state index in [1.165, 1.54) is 35.5 Å². The predicted molar refractivity (Wildman–Crippen MR) is 90.2 cm³/mol. The van der Waals surface area contributed by atoms with E-state index in [4.69, 9.17) is 0 Å². The number of rotatable bonds is 4. The molecule has 2 unspecified atom stereocenters. The lowest BCUT2D eigenvalue weighted by Gasteiger charge is -2.29. The number of carbonyl (C=O) groups excluding carboxylic acids is 1. The van der Waals surface area contributed by atoms with Gasteiger partial charge >= 0.3 is 0 Å². The minimum atomic E-state index is 0.0673. The number of hydrogen-bond acceptors (Lipinski definition) is 3. The Hall–Kier alpha value is -1.72. The monoisotopic (exact) mass is 316 g/mol. The summed E-state index contributed by atoms with van der Waals surface area (Å²) in [5.74, 6) is 0.0673. The van der Waals surface area contributed by atoms with Gasteiger partial charge in [0.1, 0.15) is 0 Å². The van der Waals surface area contributed by atoms with Crippen LogP contribution < -0.4 is 10.2 Å². The molecule has 2 heterocycles. The summed E-state index contributed by atoms with van der Waals surface area (Å²) in [6.07, 6.45) is 3.74. The fourth-order valence-corrected chi connectivity index (χ4v) is 3.69. The Bertz CT molecular complexity index is 626. The number of quaternary nitrogens is 1. The van der Waals surface area contributed by atoms with Gasteiger partial charge in [-0.25, -0.2) is 4.98 Å². The average Bonchev–Trinajstić information content (AvgIpc) is 2.99. The number of carbonyl (C=O) groups is 1. The van der Waals surface area contributed by atoms with E-state index in [0.29, 0.717) is 17.7 Å². The molecule has 4 nitrogen and oxygen atoms in total. The van der Waals surface area contributed by atoms with Gasteiger partial charge < -0.3 is 4.90 Å². The van der Waals surface area contributed by atoms with Gasteiger partial charge in [-0.05, 0) is 26.2 Å². The number of likely N-dealkylation sites (tertiary alicyclic amines) is 1. The van der Waals surface area contributed by atoms with Gasteiger partial charge in [-0.3, -0.25) is 10.1 Å². The Labute approximate surface area is 135 Å². The molecule has 0 radical (unpaired) electrons. The molecule has 1 aliphatic rings. The summed E-state index contributed by atoms with van der Waals surface area (Å²) >= 11 is 1.48. The Balaban J connectivity index is 1.59. The zero-order chi connectivity index (χ0) is 15.4. The van der Waals surface area contributed by atoms with Crippen LogP contribution in [-0.2, 0) is 4.79 Å². The third-order valence-electron chi connectivity index (χ3n) is 4.29. The molecule has 1 aromatic heterocycles. The second-order valence-electron chi connectivity index (χ2n) is 5.93. The third kappa shape index (κ3) is 3.72. The Morgan fingerprint density at radius 1 is 1.36 bits per heavy atom. The van der Waals surface area contributed by atoms with Crippen LogP contribution in [0.2, 0.25) is 0 Å². The normalized spacial score (nSPS) is 21.5. The van der Waals surface area contributed by atoms with Crippen LogP contribution in [0.15, 0.2) is 35.7 Å². The molecule has 116 valence electrons. The lowest BCUT2D eigenvalue weighted by Crippen LogP contribution is -3.17. The van der Waals surface area contributed by atoms with E-state index in [1.54, 1.807) is 0 Å². The van der Waals surface area contributed by atoms with E-state index in [0.717, 1.165) is 17.8 Å². The highest BCUT2D eigenvalue weighted by Crippen LogP contribution is 2.24. The van der Waals surface area contributed by atoms with Gasteiger partial charge in [0, 0.05) is 10.9 Å². The number of benzene rings is 1. The maximum Gasteiger partial charge on any atom is 0.281 e. The molecule has 22 heavy (non-hydrogen) atoms. The first kappa shape index (κ1) is 15.2. The van der Waals surface area contributed by atoms with E-state index in [2.05, 4.69) is 17.2 Å². The Morgan fingerprint density at radius 3 is 2.95 bits per heavy atom. The molecule has 1 aromatic carbocycles. The van der Waals surface area contributed by atoms with Crippen LogP contribution in [0.1, 0.15) is 26.2 Å². The molecule has 1 amide bonds. The number of amides is 1. The standard InChI is InChI=1S/C17H21N3OS/c1-13-7-5-6-10-20(13)11-16(21)19-17-18-15(12-22-17)14-8-3-2-4-9-14/h2-4,8-9,12-13H,5-7,10-11H2,1H3,(H,18,19,21)/p+1. The molecule has 3 rings (SSSR count). The minimum Gasteiger partial charge on any atom is -0.325 e. The van der Waals surface area contributed by atoms with Crippen molar-refractivity contribution in [2.45, 2.75) is 32.2 Å². The second-order valence-corrected chi connectivity index (χ2v) is 6.79. The lowest BCUT2D eigenvalue weighted by molar-refractivity contribution is -0.920. The predicted octanol–water partition coefficient (Wildman–Crippen LogP) is 2.21. The van der Waals surface area contributed by atoms with Crippen molar-refractivity contribution in [3.63, 3.8) is 0 Å². The highest BCUT2D eigenvalue weighted by atomic mass is 32.1. The van der Waals surface area contributed by atoms with Crippen LogP contribution in [0.25, 0.3) is 11.3 Å². The first-order valence-electron chi connectivity index (χ1n) is 7.88. The van der Waals surface area contributed by atoms with Crippen LogP contribution in [0.5, 0.6) is 0 Å². The quantitative estimate of drug-likeness (QED) is 0.908. The number of thiazole rings is 1. The van der Waals surface area contributed by atoms with E-state index >= 15 is 0 Å². The van der Waals surface area contributed by atoms with Crippen LogP contribution >= 0.6 is 11.3 Å². The zero-order valence-corrected chi connectivity index (χ0v) is 13.7. The van der Waals surface area contributed by atoms with Gasteiger partial charge in [-0.2, -0.15) is 0 Å². The van der Waals surface area contributed by atoms with Gasteiger partial charge in [0.15, 0.2) is 11.7 Å². The highest BCUT2D eigenvalue weighted by molar-refractivity contribution is 7.14. The third-order valence-corrected chi connectivity index (χ3v) is 5.05. The fourth-order valence-electron chi connectivity index (χ4n) is 2.96. The van der Waals surface area contributed by atoms with Crippen LogP contribution in [-0.4, -0.2) is 30.0 Å². The van der Waals surface area contributed by atoms with Crippen molar-refractivity contribution in [2.75, 3.05) is 18.4 Å². The molecule has 0 spiro atoms. The molecule has 1 saturated heterocycles. The van der Waals surface area contributed by atoms with Crippen molar-refractivity contribution in [2.24, 2.45) is 0 Å². The number of nitrogens with zero attached hydrogens (tertiary/aromatic N) is 1. The van der Waals surface area contributed by atoms with Crippen molar-refractivity contribution < 1.29 is 9.69 Å². The molecule has 1 aliphatic heterocycles. The van der Waals surface area contributed by atoms with Crippen molar-refractivity contribution >= 4 is 22.4 Å². The molecule has 0 bridgehead atoms. The number of nitrogens with one attached hydrogen (secondary N) is 2. The SMILES string of the molecule is CC1CCCC[NH+]1CC(=O)Nc1nc(-c2ccccc2)cs1. The summed E-state index contributed by atoms with van der Waals surface area (Å²) in [6, 6.07) is 10.6. The van der Waals surface area contributed by atoms with Crippen LogP contribution in [0.3, 0.4) is 0 Å². The second kappa shape index (κ2) is 7.03. The Kier molecular flexibility index (Phi) is 4.85. The molecule has 0 aliphatic carbocycles. The topological polar surface area (TPSA) is 46.4 Å². The van der Waals surface area contributed by atoms with E-state index in [1.807, 2.05) is 35.7 Å². The first-order chi connectivity index (χ1) is 10.7. The van der Waals surface area contributed by atoms with Gasteiger partial charge in [0.05, 0.1) is 18.3 Å². The smallest absolute Gasteiger partial charge is 0.281 e. The average molecular weight is 316 g/mol. The minimum absolute atomic E-state index is 0.0673. The van der Waals surface area contributed by atoms with Gasteiger partial charge in [0.25, 0.3) is 5.91 Å². The molecule has 0 saturated carbocycles. The summed E-state index contributed by atoms with van der Waals surface area (Å²) in [4.78, 5) is 18.1. The summed E-state index contributed by atoms with van der Waals surface area (Å²) in [6.45, 7) is 3.88. The van der Waals surface area contributed by atoms with E-state index in [9.17, 15) is 4.79 Å². The maximum absolute atomic E-state index is 12.2. The number of piperidine rings is 1. The Morgan fingerprint density at radius 2 is 2.18 bits per heavy atom. The molecule has 1 fully saturated rings. The van der Waals surface area contributed by atoms with Gasteiger partial charge in [-0.1, -0.05) is 30.3 Å². The fraction of sp³-hybridized carbons (Fsp3) is 0.412. The first-order valence-corrected chi connectivity index (χ1v) is 8.76. The van der Waals surface area contributed by atoms with E-state index < -0.39 is 0 Å². The van der Waals surface area contributed by atoms with Crippen LogP contribution in [0, 0.1) is 0 Å².